The van der Waals surface area contributed by atoms with Gasteiger partial charge in [-0.25, -0.2) is 4.79 Å². The van der Waals surface area contributed by atoms with Crippen molar-refractivity contribution in [2.24, 2.45) is 0 Å². The lowest BCUT2D eigenvalue weighted by Crippen LogP contribution is -2.29. The average molecular weight is 440 g/mol. The number of hydrogen-bond donors (Lipinski definition) is 2. The zero-order chi connectivity index (χ0) is 22.4. The molecule has 2 aromatic carbocycles. The summed E-state index contributed by atoms with van der Waals surface area (Å²) in [7, 11) is 2.09. The van der Waals surface area contributed by atoms with Crippen molar-refractivity contribution in [2.75, 3.05) is 20.1 Å². The molecule has 3 rings (SSSR count). The first-order valence-corrected chi connectivity index (χ1v) is 10.8. The molecule has 2 N–H and O–H groups in total. The largest absolute Gasteiger partial charge is 0.478 e. The topological polar surface area (TPSA) is 57.5 Å². The lowest BCUT2D eigenvalue weighted by Gasteiger charge is -2.17. The molecule has 1 heterocycles. The number of nitrogens with zero attached hydrogens (tertiary/aromatic N) is 2. The van der Waals surface area contributed by atoms with Gasteiger partial charge in [-0.05, 0) is 44.2 Å². The van der Waals surface area contributed by atoms with Crippen LogP contribution in [0.25, 0.3) is 0 Å². The second-order valence-electron chi connectivity index (χ2n) is 7.95. The van der Waals surface area contributed by atoms with Crippen LogP contribution in [0.1, 0.15) is 38.4 Å². The summed E-state index contributed by atoms with van der Waals surface area (Å²) >= 11 is 6.12. The van der Waals surface area contributed by atoms with E-state index in [4.69, 9.17) is 11.6 Å². The lowest BCUT2D eigenvalue weighted by molar-refractivity contribution is 0.0694. The molecule has 0 atom stereocenters. The Morgan fingerprint density at radius 2 is 1.77 bits per heavy atom. The van der Waals surface area contributed by atoms with Gasteiger partial charge in [-0.3, -0.25) is 0 Å². The Kier molecular flexibility index (Phi) is 7.91. The lowest BCUT2D eigenvalue weighted by atomic mass is 10.1. The van der Waals surface area contributed by atoms with E-state index in [1.165, 1.54) is 5.56 Å². The van der Waals surface area contributed by atoms with Crippen molar-refractivity contribution in [3.8, 4) is 0 Å². The number of nitrogens with one attached hydrogen (secondary N) is 1. The van der Waals surface area contributed by atoms with E-state index in [-0.39, 0.29) is 0 Å². The quantitative estimate of drug-likeness (QED) is 0.448. The van der Waals surface area contributed by atoms with E-state index in [2.05, 4.69) is 34.0 Å². The molecule has 0 spiro atoms. The molecule has 31 heavy (non-hydrogen) atoms. The van der Waals surface area contributed by atoms with Crippen LogP contribution in [0.5, 0.6) is 0 Å². The summed E-state index contributed by atoms with van der Waals surface area (Å²) in [5.41, 5.74) is 5.31. The van der Waals surface area contributed by atoms with Gasteiger partial charge in [-0.1, -0.05) is 54.1 Å². The van der Waals surface area contributed by atoms with Gasteiger partial charge < -0.3 is 19.9 Å². The van der Waals surface area contributed by atoms with Crippen molar-refractivity contribution >= 4 is 17.6 Å². The van der Waals surface area contributed by atoms with Crippen LogP contribution in [-0.4, -0.2) is 40.7 Å². The van der Waals surface area contributed by atoms with Crippen molar-refractivity contribution < 1.29 is 9.90 Å². The fourth-order valence-corrected chi connectivity index (χ4v) is 4.17. The Labute approximate surface area is 189 Å². The molecule has 0 radical (unpaired) electrons. The number of likely N-dealkylation sites (N-methyl/N-ethyl adjacent to an activating group) is 1. The number of carbonyl (C=O) groups is 1. The minimum Gasteiger partial charge on any atom is -0.478 e. The molecule has 0 aliphatic rings. The SMILES string of the molecule is Cc1c(CNCCN(C)Cc2ccccc2)c(C(=O)O)c(C)n1Cc1cccc(Cl)c1. The number of aromatic carboxylic acids is 1. The third-order valence-corrected chi connectivity index (χ3v) is 5.86. The van der Waals surface area contributed by atoms with Crippen LogP contribution in [0.4, 0.5) is 0 Å². The Hall–Kier alpha value is -2.60. The number of carboxylic acid groups (broad SMARTS) is 1. The Morgan fingerprint density at radius 1 is 1.06 bits per heavy atom. The number of halogens is 1. The van der Waals surface area contributed by atoms with Crippen molar-refractivity contribution in [2.45, 2.75) is 33.5 Å². The minimum absolute atomic E-state index is 0.393. The first kappa shape index (κ1) is 23.1. The molecule has 0 saturated heterocycles. The second kappa shape index (κ2) is 10.6. The van der Waals surface area contributed by atoms with Crippen LogP contribution in [0.3, 0.4) is 0 Å². The van der Waals surface area contributed by atoms with Crippen LogP contribution in [0.15, 0.2) is 54.6 Å². The molecule has 5 nitrogen and oxygen atoms in total. The normalized spacial score (nSPS) is 11.3. The highest BCUT2D eigenvalue weighted by atomic mass is 35.5. The maximum Gasteiger partial charge on any atom is 0.337 e. The highest BCUT2D eigenvalue weighted by Gasteiger charge is 2.22. The molecule has 0 saturated carbocycles. The summed E-state index contributed by atoms with van der Waals surface area (Å²) in [6, 6.07) is 18.0. The highest BCUT2D eigenvalue weighted by Crippen LogP contribution is 2.24. The number of rotatable bonds is 10. The summed E-state index contributed by atoms with van der Waals surface area (Å²) in [6.45, 7) is 7.52. The third-order valence-electron chi connectivity index (χ3n) is 5.62. The van der Waals surface area contributed by atoms with E-state index in [9.17, 15) is 9.90 Å². The van der Waals surface area contributed by atoms with Crippen LogP contribution in [0.2, 0.25) is 5.02 Å². The van der Waals surface area contributed by atoms with Gasteiger partial charge in [0.25, 0.3) is 0 Å². The van der Waals surface area contributed by atoms with E-state index in [0.717, 1.165) is 42.1 Å². The summed E-state index contributed by atoms with van der Waals surface area (Å²) in [5, 5.41) is 13.9. The van der Waals surface area contributed by atoms with Gasteiger partial charge in [-0.2, -0.15) is 0 Å². The maximum atomic E-state index is 12.0. The second-order valence-corrected chi connectivity index (χ2v) is 8.38. The molecule has 0 bridgehead atoms. The number of benzene rings is 2. The van der Waals surface area contributed by atoms with Gasteiger partial charge in [0.05, 0.1) is 5.56 Å². The molecular formula is C25H30ClN3O2. The standard InChI is InChI=1S/C25H30ClN3O2/c1-18-23(15-27-12-13-28(3)16-20-8-5-4-6-9-20)24(25(30)31)19(2)29(18)17-21-10-7-11-22(26)14-21/h4-11,14,27H,12-13,15-17H2,1-3H3,(H,30,31). The zero-order valence-electron chi connectivity index (χ0n) is 18.4. The zero-order valence-corrected chi connectivity index (χ0v) is 19.1. The average Bonchev–Trinajstić information content (AvgIpc) is 2.96. The van der Waals surface area contributed by atoms with Crippen molar-refractivity contribution in [3.63, 3.8) is 0 Å². The summed E-state index contributed by atoms with van der Waals surface area (Å²) < 4.78 is 2.06. The van der Waals surface area contributed by atoms with Gasteiger partial charge in [0.2, 0.25) is 0 Å². The van der Waals surface area contributed by atoms with Crippen molar-refractivity contribution in [1.82, 2.24) is 14.8 Å². The summed E-state index contributed by atoms with van der Waals surface area (Å²) in [6.07, 6.45) is 0. The highest BCUT2D eigenvalue weighted by molar-refractivity contribution is 6.30. The van der Waals surface area contributed by atoms with Crippen LogP contribution < -0.4 is 5.32 Å². The van der Waals surface area contributed by atoms with E-state index in [1.54, 1.807) is 0 Å². The first-order chi connectivity index (χ1) is 14.9. The first-order valence-electron chi connectivity index (χ1n) is 10.5. The van der Waals surface area contributed by atoms with Gasteiger partial charge in [0.15, 0.2) is 0 Å². The molecule has 0 aliphatic heterocycles. The predicted octanol–water partition coefficient (Wildman–Crippen LogP) is 4.73. The number of carboxylic acids is 1. The number of hydrogen-bond acceptors (Lipinski definition) is 3. The van der Waals surface area contributed by atoms with Crippen LogP contribution in [0, 0.1) is 13.8 Å². The van der Waals surface area contributed by atoms with Gasteiger partial charge in [-0.15, -0.1) is 0 Å². The van der Waals surface area contributed by atoms with Crippen molar-refractivity contribution in [3.05, 3.63) is 93.3 Å². The molecule has 1 aromatic heterocycles. The Bertz CT molecular complexity index is 1030. The van der Waals surface area contributed by atoms with Gasteiger partial charge in [0.1, 0.15) is 0 Å². The molecule has 164 valence electrons. The van der Waals surface area contributed by atoms with E-state index >= 15 is 0 Å². The third kappa shape index (κ3) is 5.97. The Morgan fingerprint density at radius 3 is 2.45 bits per heavy atom. The molecule has 0 unspecified atom stereocenters. The molecular weight excluding hydrogens is 410 g/mol. The fourth-order valence-electron chi connectivity index (χ4n) is 3.96. The van der Waals surface area contributed by atoms with Crippen molar-refractivity contribution in [1.29, 1.82) is 0 Å². The van der Waals surface area contributed by atoms with Crippen LogP contribution in [-0.2, 0) is 19.6 Å². The maximum absolute atomic E-state index is 12.0. The van der Waals surface area contributed by atoms with E-state index in [0.29, 0.717) is 23.7 Å². The smallest absolute Gasteiger partial charge is 0.337 e. The molecule has 0 fully saturated rings. The monoisotopic (exact) mass is 439 g/mol. The summed E-state index contributed by atoms with van der Waals surface area (Å²) in [4.78, 5) is 14.2. The van der Waals surface area contributed by atoms with E-state index in [1.807, 2.05) is 56.3 Å². The Balaban J connectivity index is 1.65. The number of aromatic nitrogens is 1. The molecule has 0 amide bonds. The summed E-state index contributed by atoms with van der Waals surface area (Å²) in [5.74, 6) is -0.886. The molecule has 6 heteroatoms. The van der Waals surface area contributed by atoms with Crippen LogP contribution >= 0.6 is 11.6 Å². The van der Waals surface area contributed by atoms with E-state index < -0.39 is 5.97 Å². The molecule has 3 aromatic rings. The minimum atomic E-state index is -0.886. The fraction of sp³-hybridized carbons (Fsp3) is 0.320. The predicted molar refractivity (Wildman–Crippen MR) is 126 cm³/mol. The van der Waals surface area contributed by atoms with Gasteiger partial charge >= 0.3 is 5.97 Å². The molecule has 0 aliphatic carbocycles. The van der Waals surface area contributed by atoms with Gasteiger partial charge in [0, 0.05) is 54.7 Å².